The van der Waals surface area contributed by atoms with E-state index >= 15 is 0 Å². The molecule has 1 aliphatic rings. The third-order valence-electron chi connectivity index (χ3n) is 8.08. The second-order valence-electron chi connectivity index (χ2n) is 10.5. The largest absolute Gasteiger partial charge is 0.248 e. The normalized spacial score (nSPS) is 11.7. The van der Waals surface area contributed by atoms with Gasteiger partial charge >= 0.3 is 0 Å². The average Bonchev–Trinajstić information content (AvgIpc) is 3.37. The lowest BCUT2D eigenvalue weighted by molar-refractivity contribution is 1.21. The average molecular weight is 500 g/mol. The maximum absolute atomic E-state index is 5.34. The highest BCUT2D eigenvalue weighted by molar-refractivity contribution is 5.94. The van der Waals surface area contributed by atoms with Crippen LogP contribution >= 0.6 is 0 Å². The van der Waals surface area contributed by atoms with Gasteiger partial charge in [-0.15, -0.1) is 0 Å². The summed E-state index contributed by atoms with van der Waals surface area (Å²) in [5.74, 6) is 0. The molecule has 0 atom stereocenters. The van der Waals surface area contributed by atoms with Gasteiger partial charge in [0.25, 0.3) is 0 Å². The fourth-order valence-corrected chi connectivity index (χ4v) is 6.08. The molecule has 186 valence electrons. The third kappa shape index (κ3) is 4.08. The molecule has 0 unspecified atom stereocenters. The van der Waals surface area contributed by atoms with Gasteiger partial charge in [-0.05, 0) is 94.1 Å². The Morgan fingerprint density at radius 3 is 1.85 bits per heavy atom. The van der Waals surface area contributed by atoms with Crippen molar-refractivity contribution in [1.82, 2.24) is 4.98 Å². The van der Waals surface area contributed by atoms with Gasteiger partial charge in [0.05, 0.1) is 11.4 Å². The van der Waals surface area contributed by atoms with Crippen molar-refractivity contribution in [2.45, 2.75) is 20.3 Å². The number of hydrogen-bond acceptors (Lipinski definition) is 1. The molecule has 0 bridgehead atoms. The van der Waals surface area contributed by atoms with Crippen LogP contribution in [0.4, 0.5) is 0 Å². The van der Waals surface area contributed by atoms with Gasteiger partial charge in [0, 0.05) is 11.1 Å². The molecular formula is C38H29N. The van der Waals surface area contributed by atoms with Crippen molar-refractivity contribution in [3.05, 3.63) is 150 Å². The Morgan fingerprint density at radius 1 is 0.487 bits per heavy atom. The number of nitrogens with zero attached hydrogens (tertiary/aromatic N) is 1. The van der Waals surface area contributed by atoms with Crippen LogP contribution in [0.5, 0.6) is 0 Å². The number of fused-ring (bicyclic) bond motifs is 3. The number of benzene rings is 5. The zero-order valence-electron chi connectivity index (χ0n) is 22.3. The van der Waals surface area contributed by atoms with Crippen LogP contribution in [-0.4, -0.2) is 4.98 Å². The molecule has 0 amide bonds. The Hall–Kier alpha value is -4.75. The fourth-order valence-electron chi connectivity index (χ4n) is 6.08. The quantitative estimate of drug-likeness (QED) is 0.235. The lowest BCUT2D eigenvalue weighted by atomic mass is 9.85. The van der Waals surface area contributed by atoms with Crippen molar-refractivity contribution in [2.24, 2.45) is 0 Å². The summed E-state index contributed by atoms with van der Waals surface area (Å²) in [6, 6.07) is 45.6. The first-order valence-electron chi connectivity index (χ1n) is 13.6. The topological polar surface area (TPSA) is 12.9 Å². The lowest BCUT2D eigenvalue weighted by Gasteiger charge is -2.20. The van der Waals surface area contributed by atoms with Gasteiger partial charge in [-0.1, -0.05) is 109 Å². The molecule has 0 saturated carbocycles. The van der Waals surface area contributed by atoms with E-state index in [-0.39, 0.29) is 0 Å². The molecule has 0 aliphatic heterocycles. The van der Waals surface area contributed by atoms with E-state index in [0.717, 1.165) is 23.4 Å². The molecule has 1 heteroatoms. The predicted octanol–water partition coefficient (Wildman–Crippen LogP) is 9.94. The minimum Gasteiger partial charge on any atom is -0.248 e. The summed E-state index contributed by atoms with van der Waals surface area (Å²) < 4.78 is 0. The number of rotatable bonds is 4. The minimum absolute atomic E-state index is 0.975. The predicted molar refractivity (Wildman–Crippen MR) is 164 cm³/mol. The maximum atomic E-state index is 5.34. The summed E-state index contributed by atoms with van der Waals surface area (Å²) in [5, 5.41) is 0. The zero-order valence-corrected chi connectivity index (χ0v) is 22.3. The molecule has 5 aromatic carbocycles. The van der Waals surface area contributed by atoms with Crippen molar-refractivity contribution in [3.63, 3.8) is 0 Å². The Morgan fingerprint density at radius 2 is 1.10 bits per heavy atom. The molecule has 1 heterocycles. The molecule has 1 aromatic heterocycles. The minimum atomic E-state index is 0.975. The second kappa shape index (κ2) is 9.53. The van der Waals surface area contributed by atoms with Crippen LogP contribution in [0.2, 0.25) is 0 Å². The van der Waals surface area contributed by atoms with E-state index in [9.17, 15) is 0 Å². The smallest absolute Gasteiger partial charge is 0.0722 e. The third-order valence-corrected chi connectivity index (χ3v) is 8.08. The molecule has 0 fully saturated rings. The summed E-state index contributed by atoms with van der Waals surface area (Å²) in [6.07, 6.45) is 0.975. The highest BCUT2D eigenvalue weighted by Crippen LogP contribution is 2.47. The summed E-state index contributed by atoms with van der Waals surface area (Å²) in [5.41, 5.74) is 17.4. The van der Waals surface area contributed by atoms with E-state index in [1.807, 2.05) is 0 Å². The Labute approximate surface area is 230 Å². The molecule has 0 radical (unpaired) electrons. The SMILES string of the molecule is Cc1ccccc1-c1c(-c2cc(-c3ccccc3)cc(-c3ccccc3)n2)cc2c(c1C)Cc1ccccc1-2. The van der Waals surface area contributed by atoms with E-state index in [0.29, 0.717) is 0 Å². The van der Waals surface area contributed by atoms with Gasteiger partial charge < -0.3 is 0 Å². The molecule has 6 aromatic rings. The van der Waals surface area contributed by atoms with E-state index in [4.69, 9.17) is 4.98 Å². The highest BCUT2D eigenvalue weighted by Gasteiger charge is 2.26. The zero-order chi connectivity index (χ0) is 26.3. The maximum Gasteiger partial charge on any atom is 0.0722 e. The second-order valence-corrected chi connectivity index (χ2v) is 10.5. The molecule has 0 saturated heterocycles. The molecule has 0 spiro atoms. The van der Waals surface area contributed by atoms with Crippen molar-refractivity contribution in [3.8, 4) is 55.9 Å². The summed E-state index contributed by atoms with van der Waals surface area (Å²) in [6.45, 7) is 4.51. The molecule has 1 aliphatic carbocycles. The summed E-state index contributed by atoms with van der Waals surface area (Å²) >= 11 is 0. The number of pyridine rings is 1. The summed E-state index contributed by atoms with van der Waals surface area (Å²) in [7, 11) is 0. The van der Waals surface area contributed by atoms with Crippen molar-refractivity contribution >= 4 is 0 Å². The number of aryl methyl sites for hydroxylation is 1. The van der Waals surface area contributed by atoms with E-state index in [1.54, 1.807) is 0 Å². The monoisotopic (exact) mass is 499 g/mol. The molecule has 0 N–H and O–H groups in total. The molecule has 1 nitrogen and oxygen atoms in total. The van der Waals surface area contributed by atoms with Crippen molar-refractivity contribution < 1.29 is 0 Å². The lowest BCUT2D eigenvalue weighted by Crippen LogP contribution is -1.99. The van der Waals surface area contributed by atoms with Crippen molar-refractivity contribution in [1.29, 1.82) is 0 Å². The van der Waals surface area contributed by atoms with Crippen LogP contribution in [0.25, 0.3) is 55.9 Å². The van der Waals surface area contributed by atoms with E-state index in [2.05, 4.69) is 141 Å². The van der Waals surface area contributed by atoms with Crippen LogP contribution < -0.4 is 0 Å². The van der Waals surface area contributed by atoms with Crippen molar-refractivity contribution in [2.75, 3.05) is 0 Å². The fraction of sp³-hybridized carbons (Fsp3) is 0.0789. The number of hydrogen-bond donors (Lipinski definition) is 0. The first-order valence-corrected chi connectivity index (χ1v) is 13.6. The Bertz CT molecular complexity index is 1770. The first kappa shape index (κ1) is 23.4. The van der Waals surface area contributed by atoms with Gasteiger partial charge in [-0.25, -0.2) is 4.98 Å². The van der Waals surface area contributed by atoms with Gasteiger partial charge in [0.2, 0.25) is 0 Å². The van der Waals surface area contributed by atoms with Gasteiger partial charge in [-0.3, -0.25) is 0 Å². The van der Waals surface area contributed by atoms with Gasteiger partial charge in [0.15, 0.2) is 0 Å². The van der Waals surface area contributed by atoms with Crippen LogP contribution in [0.3, 0.4) is 0 Å². The molecular weight excluding hydrogens is 470 g/mol. The van der Waals surface area contributed by atoms with Crippen LogP contribution in [0, 0.1) is 13.8 Å². The van der Waals surface area contributed by atoms with E-state index in [1.165, 1.54) is 61.2 Å². The highest BCUT2D eigenvalue weighted by atomic mass is 14.7. The standard InChI is InChI=1S/C38H29N/c1-25-13-9-11-19-31(25)38-26(2)33-21-29-18-10-12-20-32(29)34(33)24-35(38)37-23-30(27-14-5-3-6-15-27)22-36(39-37)28-16-7-4-8-17-28/h3-20,22-24H,21H2,1-2H3. The first-order chi connectivity index (χ1) is 19.2. The van der Waals surface area contributed by atoms with E-state index < -0.39 is 0 Å². The summed E-state index contributed by atoms with van der Waals surface area (Å²) in [4.78, 5) is 5.34. The number of aromatic nitrogens is 1. The Kier molecular flexibility index (Phi) is 5.71. The Balaban J connectivity index is 1.55. The van der Waals surface area contributed by atoms with Crippen LogP contribution in [0.15, 0.2) is 127 Å². The van der Waals surface area contributed by atoms with Gasteiger partial charge in [-0.2, -0.15) is 0 Å². The van der Waals surface area contributed by atoms with Crippen LogP contribution in [-0.2, 0) is 6.42 Å². The molecule has 7 rings (SSSR count). The van der Waals surface area contributed by atoms with Gasteiger partial charge in [0.1, 0.15) is 0 Å². The molecule has 39 heavy (non-hydrogen) atoms. The van der Waals surface area contributed by atoms with Crippen LogP contribution in [0.1, 0.15) is 22.3 Å².